The third-order valence-electron chi connectivity index (χ3n) is 4.12. The summed E-state index contributed by atoms with van der Waals surface area (Å²) in [6, 6.07) is 5.45. The van der Waals surface area contributed by atoms with Gasteiger partial charge in [0.1, 0.15) is 5.82 Å². The first-order valence-electron chi connectivity index (χ1n) is 7.53. The predicted molar refractivity (Wildman–Crippen MR) is 92.6 cm³/mol. The molecule has 0 aliphatic carbocycles. The van der Waals surface area contributed by atoms with E-state index in [4.69, 9.17) is 0 Å². The Kier molecular flexibility index (Phi) is 8.17. The Balaban J connectivity index is 0.00000220. The molecule has 2 nitrogen and oxygen atoms in total. The van der Waals surface area contributed by atoms with E-state index in [2.05, 4.69) is 40.0 Å². The summed E-state index contributed by atoms with van der Waals surface area (Å²) >= 11 is 3.55. The Morgan fingerprint density at radius 3 is 2.57 bits per heavy atom. The van der Waals surface area contributed by atoms with Crippen molar-refractivity contribution < 1.29 is 4.39 Å². The molecule has 21 heavy (non-hydrogen) atoms. The maximum atomic E-state index is 14.4. The van der Waals surface area contributed by atoms with Crippen LogP contribution in [0.4, 0.5) is 4.39 Å². The topological polar surface area (TPSA) is 15.3 Å². The van der Waals surface area contributed by atoms with Crippen LogP contribution in [0.2, 0.25) is 0 Å². The number of nitrogens with one attached hydrogen (secondary N) is 1. The average molecular weight is 380 g/mol. The second kappa shape index (κ2) is 9.09. The summed E-state index contributed by atoms with van der Waals surface area (Å²) in [5, 5.41) is 3.37. The molecule has 1 saturated heterocycles. The third-order valence-corrected chi connectivity index (χ3v) is 4.81. The number of piperazine rings is 1. The number of rotatable bonds is 5. The maximum absolute atomic E-state index is 14.4. The van der Waals surface area contributed by atoms with Crippen LogP contribution in [0.5, 0.6) is 0 Å². The van der Waals surface area contributed by atoms with E-state index in [1.807, 2.05) is 6.07 Å². The lowest BCUT2D eigenvalue weighted by Gasteiger charge is -2.39. The molecule has 0 saturated carbocycles. The number of hydrogen-bond donors (Lipinski definition) is 1. The quantitative estimate of drug-likeness (QED) is 0.816. The monoisotopic (exact) mass is 378 g/mol. The molecule has 1 unspecified atom stereocenters. The highest BCUT2D eigenvalue weighted by molar-refractivity contribution is 9.10. The van der Waals surface area contributed by atoms with Crippen molar-refractivity contribution in [2.75, 3.05) is 26.2 Å². The molecule has 1 aliphatic rings. The standard InChI is InChI=1S/C16H24BrFN2.ClH/c1-3-5-12(2)16(20-10-8-19-9-11-20)15-13(17)6-4-7-14(15)18;/h4,6-7,12,16,19H,3,5,8-11H2,1-2H3;1H/t12?,16-;/m0./s1. The van der Waals surface area contributed by atoms with Gasteiger partial charge in [-0.25, -0.2) is 4.39 Å². The van der Waals surface area contributed by atoms with Crippen LogP contribution in [-0.4, -0.2) is 31.1 Å². The lowest BCUT2D eigenvalue weighted by molar-refractivity contribution is 0.122. The molecule has 0 aromatic heterocycles. The van der Waals surface area contributed by atoms with Gasteiger partial charge in [-0.2, -0.15) is 0 Å². The van der Waals surface area contributed by atoms with Crippen LogP contribution < -0.4 is 5.32 Å². The van der Waals surface area contributed by atoms with Gasteiger partial charge in [-0.1, -0.05) is 42.3 Å². The van der Waals surface area contributed by atoms with Gasteiger partial charge in [0.25, 0.3) is 0 Å². The summed E-state index contributed by atoms with van der Waals surface area (Å²) in [6.07, 6.45) is 2.26. The van der Waals surface area contributed by atoms with Gasteiger partial charge in [0, 0.05) is 42.3 Å². The van der Waals surface area contributed by atoms with Gasteiger partial charge < -0.3 is 5.32 Å². The molecule has 2 atom stereocenters. The molecule has 2 rings (SSSR count). The smallest absolute Gasteiger partial charge is 0.129 e. The minimum absolute atomic E-state index is 0. The Bertz CT molecular complexity index is 418. The summed E-state index contributed by atoms with van der Waals surface area (Å²) in [6.45, 7) is 8.39. The van der Waals surface area contributed by atoms with Crippen molar-refractivity contribution in [3.05, 3.63) is 34.1 Å². The van der Waals surface area contributed by atoms with Crippen molar-refractivity contribution in [2.45, 2.75) is 32.7 Å². The Labute approximate surface area is 142 Å². The van der Waals surface area contributed by atoms with Gasteiger partial charge in [0.05, 0.1) is 0 Å². The van der Waals surface area contributed by atoms with Crippen LogP contribution in [0.1, 0.15) is 38.3 Å². The van der Waals surface area contributed by atoms with E-state index in [0.717, 1.165) is 49.1 Å². The average Bonchev–Trinajstić information content (AvgIpc) is 2.44. The van der Waals surface area contributed by atoms with E-state index in [9.17, 15) is 4.39 Å². The molecule has 1 aromatic rings. The summed E-state index contributed by atoms with van der Waals surface area (Å²) < 4.78 is 15.3. The summed E-state index contributed by atoms with van der Waals surface area (Å²) in [7, 11) is 0. The largest absolute Gasteiger partial charge is 0.314 e. The van der Waals surface area contributed by atoms with E-state index in [1.54, 1.807) is 12.1 Å². The zero-order chi connectivity index (χ0) is 14.5. The van der Waals surface area contributed by atoms with Crippen molar-refractivity contribution in [3.63, 3.8) is 0 Å². The zero-order valence-electron chi connectivity index (χ0n) is 12.7. The minimum Gasteiger partial charge on any atom is -0.314 e. The van der Waals surface area contributed by atoms with Crippen molar-refractivity contribution in [2.24, 2.45) is 5.92 Å². The van der Waals surface area contributed by atoms with Gasteiger partial charge in [0.15, 0.2) is 0 Å². The van der Waals surface area contributed by atoms with Crippen LogP contribution in [-0.2, 0) is 0 Å². The van der Waals surface area contributed by atoms with Crippen LogP contribution in [0.3, 0.4) is 0 Å². The molecule has 0 spiro atoms. The van der Waals surface area contributed by atoms with E-state index >= 15 is 0 Å². The third kappa shape index (κ3) is 4.65. The molecule has 120 valence electrons. The molecule has 5 heteroatoms. The molecule has 1 N–H and O–H groups in total. The number of hydrogen-bond acceptors (Lipinski definition) is 2. The maximum Gasteiger partial charge on any atom is 0.129 e. The summed E-state index contributed by atoms with van der Waals surface area (Å²) in [4.78, 5) is 2.43. The molecular formula is C16H25BrClFN2. The van der Waals surface area contributed by atoms with E-state index < -0.39 is 0 Å². The second-order valence-electron chi connectivity index (χ2n) is 5.63. The molecule has 0 radical (unpaired) electrons. The molecule has 1 fully saturated rings. The molecule has 0 amide bonds. The van der Waals surface area contributed by atoms with Crippen LogP contribution in [0.15, 0.2) is 22.7 Å². The van der Waals surface area contributed by atoms with Crippen LogP contribution in [0, 0.1) is 11.7 Å². The SMILES string of the molecule is CCCC(C)[C@@H](c1c(F)cccc1Br)N1CCNCC1.Cl. The Morgan fingerprint density at radius 1 is 1.33 bits per heavy atom. The van der Waals surface area contributed by atoms with Crippen molar-refractivity contribution in [1.29, 1.82) is 0 Å². The second-order valence-corrected chi connectivity index (χ2v) is 6.49. The lowest BCUT2D eigenvalue weighted by Crippen LogP contribution is -2.47. The molecule has 0 bridgehead atoms. The van der Waals surface area contributed by atoms with Crippen molar-refractivity contribution >= 4 is 28.3 Å². The van der Waals surface area contributed by atoms with Gasteiger partial charge in [-0.3, -0.25) is 4.90 Å². The first-order valence-corrected chi connectivity index (χ1v) is 8.33. The van der Waals surface area contributed by atoms with Gasteiger partial charge in [0.2, 0.25) is 0 Å². The first-order chi connectivity index (χ1) is 9.65. The number of halogens is 3. The van der Waals surface area contributed by atoms with Crippen molar-refractivity contribution in [1.82, 2.24) is 10.2 Å². The normalized spacial score (nSPS) is 18.9. The van der Waals surface area contributed by atoms with Crippen LogP contribution in [0.25, 0.3) is 0 Å². The summed E-state index contributed by atoms with van der Waals surface area (Å²) in [5.74, 6) is 0.358. The van der Waals surface area contributed by atoms with E-state index in [-0.39, 0.29) is 24.3 Å². The molecule has 1 heterocycles. The van der Waals surface area contributed by atoms with Gasteiger partial charge in [-0.05, 0) is 24.5 Å². The molecule has 1 aliphatic heterocycles. The zero-order valence-corrected chi connectivity index (χ0v) is 15.1. The predicted octanol–water partition coefficient (Wildman–Crippen LogP) is 4.39. The van der Waals surface area contributed by atoms with Gasteiger partial charge >= 0.3 is 0 Å². The molecule has 1 aromatic carbocycles. The number of nitrogens with zero attached hydrogens (tertiary/aromatic N) is 1. The van der Waals surface area contributed by atoms with Crippen molar-refractivity contribution in [3.8, 4) is 0 Å². The summed E-state index contributed by atoms with van der Waals surface area (Å²) in [5.41, 5.74) is 0.829. The molecular weight excluding hydrogens is 355 g/mol. The lowest BCUT2D eigenvalue weighted by atomic mass is 9.89. The fourth-order valence-corrected chi connectivity index (χ4v) is 3.77. The van der Waals surface area contributed by atoms with Gasteiger partial charge in [-0.15, -0.1) is 12.4 Å². The Morgan fingerprint density at radius 2 is 2.00 bits per heavy atom. The highest BCUT2D eigenvalue weighted by Crippen LogP contribution is 2.37. The van der Waals surface area contributed by atoms with E-state index in [1.165, 1.54) is 0 Å². The highest BCUT2D eigenvalue weighted by atomic mass is 79.9. The Hall–Kier alpha value is -0.160. The fraction of sp³-hybridized carbons (Fsp3) is 0.625. The number of benzene rings is 1. The van der Waals surface area contributed by atoms with Crippen LogP contribution >= 0.6 is 28.3 Å². The first kappa shape index (κ1) is 18.9. The fourth-order valence-electron chi connectivity index (χ4n) is 3.19. The minimum atomic E-state index is -0.0918. The highest BCUT2D eigenvalue weighted by Gasteiger charge is 2.30. The van der Waals surface area contributed by atoms with E-state index in [0.29, 0.717) is 5.92 Å².